The minimum atomic E-state index is -1.54. The molecule has 0 aromatic rings. The maximum absolute atomic E-state index is 12.1. The van der Waals surface area contributed by atoms with Crippen molar-refractivity contribution in [2.75, 3.05) is 0 Å². The van der Waals surface area contributed by atoms with E-state index in [0.717, 1.165) is 37.2 Å². The zero-order valence-electron chi connectivity index (χ0n) is 13.9. The van der Waals surface area contributed by atoms with Gasteiger partial charge < -0.3 is 5.32 Å². The molecule has 0 spiro atoms. The van der Waals surface area contributed by atoms with Crippen LogP contribution in [0.1, 0.15) is 64.2 Å². The molecule has 2 aliphatic carbocycles. The summed E-state index contributed by atoms with van der Waals surface area (Å²) in [5.41, 5.74) is 0. The molecule has 0 radical (unpaired) electrons. The Labute approximate surface area is 138 Å². The van der Waals surface area contributed by atoms with Gasteiger partial charge in [0.15, 0.2) is 0 Å². The molecule has 23 heavy (non-hydrogen) atoms. The number of rotatable bonds is 6. The van der Waals surface area contributed by atoms with Crippen LogP contribution in [0.15, 0.2) is 24.8 Å². The standard InChI is InChI=1S/C19H29F2NO/c1-2-19(23)22-17-12-10-16(11-13-17)15-8-6-14(7-9-15)4-3-5-18(20)21/h2,5,14-17H,1,3-4,6-13H2,(H,22,23). The predicted octanol–water partition coefficient (Wildman–Crippen LogP) is 5.21. The summed E-state index contributed by atoms with van der Waals surface area (Å²) in [6, 6.07) is 0.315. The minimum absolute atomic E-state index is 0.0623. The van der Waals surface area contributed by atoms with Crippen molar-refractivity contribution in [3.8, 4) is 0 Å². The van der Waals surface area contributed by atoms with Gasteiger partial charge in [0.05, 0.1) is 0 Å². The largest absolute Gasteiger partial charge is 0.350 e. The smallest absolute Gasteiger partial charge is 0.266 e. The molecule has 2 aliphatic rings. The number of allylic oxidation sites excluding steroid dienone is 1. The van der Waals surface area contributed by atoms with Gasteiger partial charge in [-0.2, -0.15) is 8.78 Å². The molecule has 2 nitrogen and oxygen atoms in total. The summed E-state index contributed by atoms with van der Waals surface area (Å²) in [5.74, 6) is 2.16. The molecule has 2 rings (SSSR count). The molecule has 0 aliphatic heterocycles. The SMILES string of the molecule is C=CC(=O)NC1CCC(C2CCC(CCC=C(F)F)CC2)CC1. The van der Waals surface area contributed by atoms with Crippen molar-refractivity contribution in [1.82, 2.24) is 5.32 Å². The fraction of sp³-hybridized carbons (Fsp3) is 0.737. The van der Waals surface area contributed by atoms with Gasteiger partial charge in [0.1, 0.15) is 0 Å². The quantitative estimate of drug-likeness (QED) is 0.667. The summed E-state index contributed by atoms with van der Waals surface area (Å²) >= 11 is 0. The summed E-state index contributed by atoms with van der Waals surface area (Å²) in [7, 11) is 0. The maximum atomic E-state index is 12.1. The van der Waals surface area contributed by atoms with Gasteiger partial charge in [-0.25, -0.2) is 0 Å². The Morgan fingerprint density at radius 2 is 1.57 bits per heavy atom. The van der Waals surface area contributed by atoms with Crippen molar-refractivity contribution in [3.05, 3.63) is 24.8 Å². The second-order valence-corrected chi connectivity index (χ2v) is 7.18. The lowest BCUT2D eigenvalue weighted by Gasteiger charge is -2.38. The van der Waals surface area contributed by atoms with Crippen molar-refractivity contribution >= 4 is 5.91 Å². The Balaban J connectivity index is 1.65. The minimum Gasteiger partial charge on any atom is -0.350 e. The van der Waals surface area contributed by atoms with Crippen LogP contribution in [0, 0.1) is 17.8 Å². The summed E-state index contributed by atoms with van der Waals surface area (Å²) in [6.45, 7) is 3.50. The average Bonchev–Trinajstić information content (AvgIpc) is 2.56. The highest BCUT2D eigenvalue weighted by atomic mass is 19.3. The normalized spacial score (nSPS) is 31.2. The van der Waals surface area contributed by atoms with Gasteiger partial charge >= 0.3 is 0 Å². The van der Waals surface area contributed by atoms with Crippen LogP contribution in [0.25, 0.3) is 0 Å². The van der Waals surface area contributed by atoms with Gasteiger partial charge in [-0.3, -0.25) is 4.79 Å². The molecule has 1 N–H and O–H groups in total. The molecule has 0 saturated heterocycles. The first-order chi connectivity index (χ1) is 11.1. The van der Waals surface area contributed by atoms with Crippen molar-refractivity contribution in [1.29, 1.82) is 0 Å². The van der Waals surface area contributed by atoms with E-state index < -0.39 is 6.08 Å². The molecular formula is C19H29F2NO. The Morgan fingerprint density at radius 1 is 1.00 bits per heavy atom. The van der Waals surface area contributed by atoms with E-state index in [0.29, 0.717) is 18.4 Å². The molecule has 130 valence electrons. The number of hydrogen-bond acceptors (Lipinski definition) is 1. The van der Waals surface area contributed by atoms with E-state index in [-0.39, 0.29) is 5.91 Å². The lowest BCUT2D eigenvalue weighted by atomic mass is 9.69. The molecule has 0 aromatic carbocycles. The van der Waals surface area contributed by atoms with Gasteiger partial charge in [-0.05, 0) is 81.3 Å². The summed E-state index contributed by atoms with van der Waals surface area (Å²) < 4.78 is 24.1. The van der Waals surface area contributed by atoms with Crippen LogP contribution in [0.3, 0.4) is 0 Å². The highest BCUT2D eigenvalue weighted by Crippen LogP contribution is 2.41. The number of amides is 1. The van der Waals surface area contributed by atoms with Crippen LogP contribution in [-0.4, -0.2) is 11.9 Å². The average molecular weight is 325 g/mol. The van der Waals surface area contributed by atoms with Gasteiger partial charge in [-0.15, -0.1) is 0 Å². The number of hydrogen-bond donors (Lipinski definition) is 1. The highest BCUT2D eigenvalue weighted by molar-refractivity contribution is 5.87. The number of carbonyl (C=O) groups is 1. The number of carbonyl (C=O) groups excluding carboxylic acids is 1. The molecule has 0 unspecified atom stereocenters. The van der Waals surface area contributed by atoms with Crippen LogP contribution in [0.5, 0.6) is 0 Å². The Morgan fingerprint density at radius 3 is 2.09 bits per heavy atom. The highest BCUT2D eigenvalue weighted by Gasteiger charge is 2.30. The van der Waals surface area contributed by atoms with Gasteiger partial charge in [0, 0.05) is 6.04 Å². The van der Waals surface area contributed by atoms with Crippen LogP contribution in [0.2, 0.25) is 0 Å². The Hall–Kier alpha value is -1.19. The Kier molecular flexibility index (Phi) is 7.25. The molecular weight excluding hydrogens is 296 g/mol. The van der Waals surface area contributed by atoms with Crippen molar-refractivity contribution in [2.45, 2.75) is 70.3 Å². The summed E-state index contributed by atoms with van der Waals surface area (Å²) in [5, 5.41) is 3.01. The third kappa shape index (κ3) is 6.08. The van der Waals surface area contributed by atoms with E-state index >= 15 is 0 Å². The third-order valence-electron chi connectivity index (χ3n) is 5.74. The first-order valence-corrected chi connectivity index (χ1v) is 9.02. The number of halogens is 2. The Bertz CT molecular complexity index is 415. The van der Waals surface area contributed by atoms with Gasteiger partial charge in [0.25, 0.3) is 6.08 Å². The summed E-state index contributed by atoms with van der Waals surface area (Å²) in [6.07, 6.45) is 11.7. The van der Waals surface area contributed by atoms with Crippen LogP contribution >= 0.6 is 0 Å². The summed E-state index contributed by atoms with van der Waals surface area (Å²) in [4.78, 5) is 11.3. The maximum Gasteiger partial charge on any atom is 0.266 e. The molecule has 0 heterocycles. The predicted molar refractivity (Wildman–Crippen MR) is 89.1 cm³/mol. The molecule has 0 atom stereocenters. The van der Waals surface area contributed by atoms with Crippen LogP contribution in [0.4, 0.5) is 8.78 Å². The molecule has 0 bridgehead atoms. The zero-order chi connectivity index (χ0) is 16.7. The first-order valence-electron chi connectivity index (χ1n) is 9.02. The van der Waals surface area contributed by atoms with Crippen molar-refractivity contribution < 1.29 is 13.6 Å². The molecule has 2 fully saturated rings. The lowest BCUT2D eigenvalue weighted by molar-refractivity contribution is -0.117. The van der Waals surface area contributed by atoms with Crippen molar-refractivity contribution in [2.24, 2.45) is 17.8 Å². The number of nitrogens with one attached hydrogen (secondary N) is 1. The van der Waals surface area contributed by atoms with Gasteiger partial charge in [0.2, 0.25) is 5.91 Å². The third-order valence-corrected chi connectivity index (χ3v) is 5.74. The van der Waals surface area contributed by atoms with Gasteiger partial charge in [-0.1, -0.05) is 19.4 Å². The fourth-order valence-corrected chi connectivity index (χ4v) is 4.37. The lowest BCUT2D eigenvalue weighted by Crippen LogP contribution is -2.38. The van der Waals surface area contributed by atoms with E-state index in [2.05, 4.69) is 11.9 Å². The molecule has 4 heteroatoms. The topological polar surface area (TPSA) is 29.1 Å². The van der Waals surface area contributed by atoms with E-state index in [1.807, 2.05) is 0 Å². The van der Waals surface area contributed by atoms with E-state index in [1.54, 1.807) is 0 Å². The monoisotopic (exact) mass is 325 g/mol. The molecule has 2 saturated carbocycles. The molecule has 0 aromatic heterocycles. The molecule has 1 amide bonds. The van der Waals surface area contributed by atoms with Crippen molar-refractivity contribution in [3.63, 3.8) is 0 Å². The van der Waals surface area contributed by atoms with E-state index in [4.69, 9.17) is 0 Å². The zero-order valence-corrected chi connectivity index (χ0v) is 13.9. The van der Waals surface area contributed by atoms with E-state index in [1.165, 1.54) is 44.6 Å². The second-order valence-electron chi connectivity index (χ2n) is 7.18. The van der Waals surface area contributed by atoms with Crippen LogP contribution < -0.4 is 5.32 Å². The fourth-order valence-electron chi connectivity index (χ4n) is 4.37. The second kappa shape index (κ2) is 9.19. The van der Waals surface area contributed by atoms with E-state index in [9.17, 15) is 13.6 Å². The first kappa shape index (κ1) is 18.2. The van der Waals surface area contributed by atoms with Crippen LogP contribution in [-0.2, 0) is 4.79 Å².